The Morgan fingerprint density at radius 1 is 1.50 bits per heavy atom. The van der Waals surface area contributed by atoms with Gasteiger partial charge in [0.05, 0.1) is 11.2 Å². The number of amides is 1. The topological polar surface area (TPSA) is 82.2 Å². The zero-order valence-electron chi connectivity index (χ0n) is 11.9. The summed E-state index contributed by atoms with van der Waals surface area (Å²) >= 11 is 0. The summed E-state index contributed by atoms with van der Waals surface area (Å²) in [6.45, 7) is 1.57. The number of aryl methyl sites for hydroxylation is 1. The highest BCUT2D eigenvalue weighted by molar-refractivity contribution is 5.98. The number of anilines is 1. The minimum Gasteiger partial charge on any atom is -0.381 e. The van der Waals surface area contributed by atoms with Crippen LogP contribution in [0.5, 0.6) is 0 Å². The van der Waals surface area contributed by atoms with E-state index in [0.717, 1.165) is 56.8 Å². The minimum absolute atomic E-state index is 0.0923. The minimum atomic E-state index is -0.677. The lowest BCUT2D eigenvalue weighted by atomic mass is 9.77. The molecule has 2 fully saturated rings. The van der Waals surface area contributed by atoms with Gasteiger partial charge in [-0.05, 0) is 32.1 Å². The predicted molar refractivity (Wildman–Crippen MR) is 75.4 cm³/mol. The molecule has 1 aliphatic heterocycles. The molecule has 6 nitrogen and oxygen atoms in total. The Hall–Kier alpha value is -1.40. The molecule has 0 radical (unpaired) electrons. The van der Waals surface area contributed by atoms with Crippen LogP contribution < -0.4 is 11.1 Å². The molecule has 110 valence electrons. The molecule has 2 heterocycles. The van der Waals surface area contributed by atoms with Crippen LogP contribution in [0, 0.1) is 0 Å². The van der Waals surface area contributed by atoms with E-state index in [1.807, 2.05) is 13.1 Å². The van der Waals surface area contributed by atoms with E-state index in [2.05, 4.69) is 10.4 Å². The van der Waals surface area contributed by atoms with Gasteiger partial charge in [0, 0.05) is 32.2 Å². The maximum atomic E-state index is 12.2. The Balaban J connectivity index is 1.70. The van der Waals surface area contributed by atoms with Crippen molar-refractivity contribution < 1.29 is 9.53 Å². The number of nitrogens with zero attached hydrogens (tertiary/aromatic N) is 2. The van der Waals surface area contributed by atoms with Crippen molar-refractivity contribution in [3.63, 3.8) is 0 Å². The molecule has 0 atom stereocenters. The van der Waals surface area contributed by atoms with Crippen LogP contribution >= 0.6 is 0 Å². The van der Waals surface area contributed by atoms with Crippen LogP contribution in [0.1, 0.15) is 43.7 Å². The average Bonchev–Trinajstić information content (AvgIpc) is 2.78. The van der Waals surface area contributed by atoms with Crippen molar-refractivity contribution in [1.29, 1.82) is 0 Å². The van der Waals surface area contributed by atoms with Crippen LogP contribution in [-0.2, 0) is 16.6 Å². The first-order valence-corrected chi connectivity index (χ1v) is 7.30. The fourth-order valence-electron chi connectivity index (χ4n) is 2.82. The molecule has 0 unspecified atom stereocenters. The molecular formula is C14H22N4O2. The van der Waals surface area contributed by atoms with Gasteiger partial charge in [-0.2, -0.15) is 5.10 Å². The van der Waals surface area contributed by atoms with E-state index in [9.17, 15) is 4.79 Å². The summed E-state index contributed by atoms with van der Waals surface area (Å²) in [5.74, 6) is 1.06. The Labute approximate surface area is 118 Å². The number of nitrogens with one attached hydrogen (secondary N) is 1. The highest BCUT2D eigenvalue weighted by Gasteiger charge is 2.40. The van der Waals surface area contributed by atoms with Gasteiger partial charge in [-0.1, -0.05) is 0 Å². The van der Waals surface area contributed by atoms with Gasteiger partial charge in [0.1, 0.15) is 5.82 Å². The first kappa shape index (κ1) is 13.6. The van der Waals surface area contributed by atoms with E-state index in [4.69, 9.17) is 10.5 Å². The van der Waals surface area contributed by atoms with Gasteiger partial charge in [-0.25, -0.2) is 0 Å². The van der Waals surface area contributed by atoms with Crippen LogP contribution in [0.25, 0.3) is 0 Å². The zero-order chi connectivity index (χ0) is 14.2. The second kappa shape index (κ2) is 5.18. The highest BCUT2D eigenvalue weighted by atomic mass is 16.5. The molecule has 1 saturated carbocycles. The number of aromatic nitrogens is 2. The van der Waals surface area contributed by atoms with Gasteiger partial charge >= 0.3 is 0 Å². The van der Waals surface area contributed by atoms with Crippen molar-refractivity contribution in [2.24, 2.45) is 12.8 Å². The van der Waals surface area contributed by atoms with Gasteiger partial charge in [0.2, 0.25) is 5.91 Å². The molecule has 1 saturated heterocycles. The third-order valence-electron chi connectivity index (χ3n) is 4.48. The fourth-order valence-corrected chi connectivity index (χ4v) is 2.82. The van der Waals surface area contributed by atoms with E-state index in [1.54, 1.807) is 4.68 Å². The average molecular weight is 278 g/mol. The fraction of sp³-hybridized carbons (Fsp3) is 0.714. The molecule has 0 spiro atoms. The molecule has 1 aliphatic carbocycles. The van der Waals surface area contributed by atoms with E-state index in [-0.39, 0.29) is 5.91 Å². The molecule has 2 aliphatic rings. The lowest BCUT2D eigenvalue weighted by molar-refractivity contribution is -0.123. The summed E-state index contributed by atoms with van der Waals surface area (Å²) in [5.41, 5.74) is 6.39. The Morgan fingerprint density at radius 2 is 2.20 bits per heavy atom. The second-order valence-corrected chi connectivity index (χ2v) is 5.93. The van der Waals surface area contributed by atoms with Crippen LogP contribution in [0.15, 0.2) is 6.07 Å². The largest absolute Gasteiger partial charge is 0.381 e. The summed E-state index contributed by atoms with van der Waals surface area (Å²) in [5, 5.41) is 7.44. The van der Waals surface area contributed by atoms with Crippen molar-refractivity contribution in [2.75, 3.05) is 18.5 Å². The highest BCUT2D eigenvalue weighted by Crippen LogP contribution is 2.31. The monoisotopic (exact) mass is 278 g/mol. The quantitative estimate of drug-likeness (QED) is 0.868. The Morgan fingerprint density at radius 3 is 2.80 bits per heavy atom. The van der Waals surface area contributed by atoms with Crippen LogP contribution in [0.2, 0.25) is 0 Å². The summed E-state index contributed by atoms with van der Waals surface area (Å²) in [4.78, 5) is 12.2. The van der Waals surface area contributed by atoms with Gasteiger partial charge in [-0.3, -0.25) is 9.48 Å². The number of hydrogen-bond donors (Lipinski definition) is 2. The lowest BCUT2D eigenvalue weighted by Crippen LogP contribution is -2.56. The number of nitrogens with two attached hydrogens (primary N) is 1. The van der Waals surface area contributed by atoms with Crippen LogP contribution in [0.4, 0.5) is 5.82 Å². The molecular weight excluding hydrogens is 256 g/mol. The zero-order valence-corrected chi connectivity index (χ0v) is 11.9. The van der Waals surface area contributed by atoms with Gasteiger partial charge in [-0.15, -0.1) is 0 Å². The SMILES string of the molecule is Cn1nc(C2CCOCC2)cc1NC(=O)C1(N)CCC1. The summed E-state index contributed by atoms with van der Waals surface area (Å²) < 4.78 is 7.10. The van der Waals surface area contributed by atoms with E-state index < -0.39 is 5.54 Å². The number of ether oxygens (including phenoxy) is 1. The summed E-state index contributed by atoms with van der Waals surface area (Å²) in [6, 6.07) is 1.97. The third kappa shape index (κ3) is 2.45. The Bertz CT molecular complexity index is 501. The van der Waals surface area contributed by atoms with E-state index in [1.165, 1.54) is 0 Å². The van der Waals surface area contributed by atoms with Gasteiger partial charge in [0.25, 0.3) is 0 Å². The van der Waals surface area contributed by atoms with Gasteiger partial charge < -0.3 is 15.8 Å². The number of rotatable bonds is 3. The number of carbonyl (C=O) groups is 1. The predicted octanol–water partition coefficient (Wildman–Crippen LogP) is 1.13. The van der Waals surface area contributed by atoms with Crippen LogP contribution in [-0.4, -0.2) is 34.4 Å². The molecule has 1 aromatic heterocycles. The Kier molecular flexibility index (Phi) is 3.52. The van der Waals surface area contributed by atoms with Gasteiger partial charge in [0.15, 0.2) is 0 Å². The lowest BCUT2D eigenvalue weighted by Gasteiger charge is -2.36. The molecule has 1 amide bonds. The van der Waals surface area contributed by atoms with Crippen molar-refractivity contribution in [3.8, 4) is 0 Å². The first-order valence-electron chi connectivity index (χ1n) is 7.30. The molecule has 0 bridgehead atoms. The molecule has 3 N–H and O–H groups in total. The van der Waals surface area contributed by atoms with Crippen molar-refractivity contribution in [1.82, 2.24) is 9.78 Å². The molecule has 3 rings (SSSR count). The van der Waals surface area contributed by atoms with E-state index in [0.29, 0.717) is 5.92 Å². The number of hydrogen-bond acceptors (Lipinski definition) is 4. The maximum Gasteiger partial charge on any atom is 0.245 e. The summed E-state index contributed by atoms with van der Waals surface area (Å²) in [6.07, 6.45) is 4.55. The van der Waals surface area contributed by atoms with Crippen molar-refractivity contribution >= 4 is 11.7 Å². The molecule has 0 aromatic carbocycles. The maximum absolute atomic E-state index is 12.2. The molecule has 20 heavy (non-hydrogen) atoms. The normalized spacial score (nSPS) is 22.3. The van der Waals surface area contributed by atoms with Crippen molar-refractivity contribution in [3.05, 3.63) is 11.8 Å². The molecule has 1 aromatic rings. The van der Waals surface area contributed by atoms with Crippen molar-refractivity contribution in [2.45, 2.75) is 43.6 Å². The molecule has 6 heteroatoms. The van der Waals surface area contributed by atoms with E-state index >= 15 is 0 Å². The second-order valence-electron chi connectivity index (χ2n) is 5.93. The smallest absolute Gasteiger partial charge is 0.245 e. The number of carbonyl (C=O) groups excluding carboxylic acids is 1. The standard InChI is InChI=1S/C14H22N4O2/c1-18-12(16-13(19)14(15)5-2-6-14)9-11(17-18)10-3-7-20-8-4-10/h9-10H,2-8,15H2,1H3,(H,16,19). The third-order valence-corrected chi connectivity index (χ3v) is 4.48. The first-order chi connectivity index (χ1) is 9.58. The summed E-state index contributed by atoms with van der Waals surface area (Å²) in [7, 11) is 1.85. The van der Waals surface area contributed by atoms with Crippen LogP contribution in [0.3, 0.4) is 0 Å².